The Balaban J connectivity index is 1.62. The van der Waals surface area contributed by atoms with Crippen LogP contribution in [0.3, 0.4) is 0 Å². The van der Waals surface area contributed by atoms with Crippen LogP contribution in [-0.2, 0) is 44.1 Å². The van der Waals surface area contributed by atoms with Crippen LogP contribution in [0.4, 0.5) is 0 Å². The number of rotatable bonds is 4. The SMILES string of the molecule is CCn1nc2c(c1C(=O)N(C)Cc1nc3c(n1C)CCCC3)C[C@H](C)O[C@@H]2C. The minimum absolute atomic E-state index is 0.0119. The lowest BCUT2D eigenvalue weighted by molar-refractivity contribution is -0.00716. The van der Waals surface area contributed by atoms with Crippen molar-refractivity contribution in [2.24, 2.45) is 7.05 Å². The maximum absolute atomic E-state index is 13.4. The molecule has 7 heteroatoms. The van der Waals surface area contributed by atoms with Crippen molar-refractivity contribution >= 4 is 5.91 Å². The van der Waals surface area contributed by atoms with Crippen LogP contribution in [0, 0.1) is 0 Å². The number of amides is 1. The quantitative estimate of drug-likeness (QED) is 0.812. The van der Waals surface area contributed by atoms with Crippen LogP contribution in [0.15, 0.2) is 0 Å². The van der Waals surface area contributed by atoms with Gasteiger partial charge in [-0.05, 0) is 46.5 Å². The zero-order valence-corrected chi connectivity index (χ0v) is 17.7. The largest absolute Gasteiger partial charge is 0.369 e. The van der Waals surface area contributed by atoms with Gasteiger partial charge in [0.2, 0.25) is 0 Å². The Morgan fingerprint density at radius 2 is 2.04 bits per heavy atom. The first-order valence-corrected chi connectivity index (χ1v) is 10.4. The topological polar surface area (TPSA) is 65.2 Å². The minimum atomic E-state index is -0.0790. The number of hydrogen-bond donors (Lipinski definition) is 0. The number of hydrogen-bond acceptors (Lipinski definition) is 4. The van der Waals surface area contributed by atoms with Gasteiger partial charge in [0, 0.05) is 38.3 Å². The third-order valence-corrected chi connectivity index (χ3v) is 6.09. The second-order valence-corrected chi connectivity index (χ2v) is 8.17. The Hall–Kier alpha value is -2.15. The summed E-state index contributed by atoms with van der Waals surface area (Å²) >= 11 is 0. The summed E-state index contributed by atoms with van der Waals surface area (Å²) in [6.45, 7) is 7.27. The van der Waals surface area contributed by atoms with Crippen LogP contribution in [0.2, 0.25) is 0 Å². The summed E-state index contributed by atoms with van der Waals surface area (Å²) in [5.74, 6) is 0.974. The van der Waals surface area contributed by atoms with Gasteiger partial charge in [0.15, 0.2) is 0 Å². The van der Waals surface area contributed by atoms with Crippen molar-refractivity contribution in [1.29, 1.82) is 0 Å². The van der Waals surface area contributed by atoms with E-state index in [1.54, 1.807) is 4.90 Å². The Morgan fingerprint density at radius 3 is 2.75 bits per heavy atom. The fourth-order valence-corrected chi connectivity index (χ4v) is 4.61. The van der Waals surface area contributed by atoms with Gasteiger partial charge in [0.1, 0.15) is 11.5 Å². The van der Waals surface area contributed by atoms with Gasteiger partial charge in [-0.3, -0.25) is 9.48 Å². The van der Waals surface area contributed by atoms with Crippen molar-refractivity contribution in [2.45, 2.75) is 78.2 Å². The maximum atomic E-state index is 13.4. The Morgan fingerprint density at radius 1 is 1.29 bits per heavy atom. The van der Waals surface area contributed by atoms with E-state index in [1.807, 2.05) is 25.6 Å². The van der Waals surface area contributed by atoms with Crippen molar-refractivity contribution in [2.75, 3.05) is 7.05 Å². The summed E-state index contributed by atoms with van der Waals surface area (Å²) in [5.41, 5.74) is 5.20. The summed E-state index contributed by atoms with van der Waals surface area (Å²) < 4.78 is 9.93. The monoisotopic (exact) mass is 385 g/mol. The number of carbonyl (C=O) groups excluding carboxylic acids is 1. The number of aromatic nitrogens is 4. The summed E-state index contributed by atoms with van der Waals surface area (Å²) in [5, 5.41) is 4.69. The van der Waals surface area contributed by atoms with Gasteiger partial charge in [0.05, 0.1) is 30.1 Å². The maximum Gasteiger partial charge on any atom is 0.272 e. The van der Waals surface area contributed by atoms with E-state index in [9.17, 15) is 4.79 Å². The smallest absolute Gasteiger partial charge is 0.272 e. The molecule has 0 saturated heterocycles. The minimum Gasteiger partial charge on any atom is -0.369 e. The van der Waals surface area contributed by atoms with Crippen LogP contribution in [0.1, 0.15) is 78.7 Å². The van der Waals surface area contributed by atoms with Gasteiger partial charge in [-0.2, -0.15) is 5.10 Å². The summed E-state index contributed by atoms with van der Waals surface area (Å²) in [6.07, 6.45) is 5.31. The molecule has 0 unspecified atom stereocenters. The van der Waals surface area contributed by atoms with Crippen LogP contribution < -0.4 is 0 Å². The standard InChI is InChI=1S/C21H31N5O2/c1-6-26-20(15-11-13(2)28-14(3)19(15)23-26)21(27)24(4)12-18-22-16-9-7-8-10-17(16)25(18)5/h13-14H,6-12H2,1-5H3/t13-,14+/m0/s1. The van der Waals surface area contributed by atoms with E-state index in [4.69, 9.17) is 9.72 Å². The summed E-state index contributed by atoms with van der Waals surface area (Å²) in [7, 11) is 3.94. The van der Waals surface area contributed by atoms with E-state index in [2.05, 4.69) is 23.6 Å². The first kappa shape index (κ1) is 19.2. The van der Waals surface area contributed by atoms with Gasteiger partial charge in [-0.15, -0.1) is 0 Å². The average molecular weight is 386 g/mol. The fraction of sp³-hybridized carbons (Fsp3) is 0.667. The predicted molar refractivity (Wildman–Crippen MR) is 106 cm³/mol. The molecule has 2 aromatic rings. The van der Waals surface area contributed by atoms with Gasteiger partial charge < -0.3 is 14.2 Å². The molecule has 3 heterocycles. The van der Waals surface area contributed by atoms with E-state index in [0.717, 1.165) is 36.3 Å². The molecule has 0 bridgehead atoms. The second-order valence-electron chi connectivity index (χ2n) is 8.17. The molecule has 0 fully saturated rings. The van der Waals surface area contributed by atoms with Gasteiger partial charge >= 0.3 is 0 Å². The van der Waals surface area contributed by atoms with Crippen LogP contribution in [0.25, 0.3) is 0 Å². The van der Waals surface area contributed by atoms with Gasteiger partial charge in [-0.25, -0.2) is 4.98 Å². The van der Waals surface area contributed by atoms with Gasteiger partial charge in [0.25, 0.3) is 5.91 Å². The van der Waals surface area contributed by atoms with E-state index in [-0.39, 0.29) is 18.1 Å². The highest BCUT2D eigenvalue weighted by atomic mass is 16.5. The molecular weight excluding hydrogens is 354 g/mol. The molecule has 0 saturated carbocycles. The molecular formula is C21H31N5O2. The third kappa shape index (κ3) is 3.15. The normalized spacial score (nSPS) is 21.3. The first-order chi connectivity index (χ1) is 13.4. The number of carbonyl (C=O) groups is 1. The molecule has 2 aromatic heterocycles. The number of aryl methyl sites for hydroxylation is 2. The predicted octanol–water partition coefficient (Wildman–Crippen LogP) is 2.81. The van der Waals surface area contributed by atoms with E-state index < -0.39 is 0 Å². The molecule has 2 atom stereocenters. The molecule has 28 heavy (non-hydrogen) atoms. The Labute approximate surface area is 166 Å². The average Bonchev–Trinajstić information content (AvgIpc) is 3.19. The Bertz CT molecular complexity index is 897. The van der Waals surface area contributed by atoms with Crippen LogP contribution in [-0.4, -0.2) is 43.3 Å². The molecule has 2 aliphatic rings. The zero-order valence-electron chi connectivity index (χ0n) is 17.7. The molecule has 0 aromatic carbocycles. The third-order valence-electron chi connectivity index (χ3n) is 6.09. The molecule has 1 amide bonds. The van der Waals surface area contributed by atoms with Crippen LogP contribution in [0.5, 0.6) is 0 Å². The number of fused-ring (bicyclic) bond motifs is 2. The molecule has 4 rings (SSSR count). The van der Waals surface area contributed by atoms with E-state index >= 15 is 0 Å². The van der Waals surface area contributed by atoms with Crippen molar-refractivity contribution in [3.8, 4) is 0 Å². The fourth-order valence-electron chi connectivity index (χ4n) is 4.61. The highest BCUT2D eigenvalue weighted by Crippen LogP contribution is 2.32. The molecule has 1 aliphatic heterocycles. The molecule has 1 aliphatic carbocycles. The number of ether oxygens (including phenoxy) is 1. The lowest BCUT2D eigenvalue weighted by Gasteiger charge is -2.25. The lowest BCUT2D eigenvalue weighted by Crippen LogP contribution is -2.31. The summed E-state index contributed by atoms with van der Waals surface area (Å²) in [6, 6.07) is 0. The van der Waals surface area contributed by atoms with Crippen molar-refractivity contribution in [3.63, 3.8) is 0 Å². The number of nitrogens with zero attached hydrogens (tertiary/aromatic N) is 5. The molecule has 152 valence electrons. The lowest BCUT2D eigenvalue weighted by atomic mass is 9.99. The summed E-state index contributed by atoms with van der Waals surface area (Å²) in [4.78, 5) is 20.0. The zero-order chi connectivity index (χ0) is 20.0. The molecule has 0 N–H and O–H groups in total. The van der Waals surface area contributed by atoms with Crippen molar-refractivity contribution < 1.29 is 9.53 Å². The van der Waals surface area contributed by atoms with Gasteiger partial charge in [-0.1, -0.05) is 0 Å². The van der Waals surface area contributed by atoms with E-state index in [0.29, 0.717) is 18.8 Å². The van der Waals surface area contributed by atoms with Crippen LogP contribution >= 0.6 is 0 Å². The Kier molecular flexibility index (Phi) is 5.04. The molecule has 0 spiro atoms. The highest BCUT2D eigenvalue weighted by molar-refractivity contribution is 5.94. The molecule has 7 nitrogen and oxygen atoms in total. The number of imidazole rings is 1. The first-order valence-electron chi connectivity index (χ1n) is 10.4. The van der Waals surface area contributed by atoms with Crippen molar-refractivity contribution in [3.05, 3.63) is 34.2 Å². The van der Waals surface area contributed by atoms with E-state index in [1.165, 1.54) is 24.2 Å². The highest BCUT2D eigenvalue weighted by Gasteiger charge is 2.33. The second kappa shape index (κ2) is 7.35. The van der Waals surface area contributed by atoms with Crippen molar-refractivity contribution in [1.82, 2.24) is 24.2 Å². The molecule has 0 radical (unpaired) electrons.